The topological polar surface area (TPSA) is 29.1 Å². The first-order valence-corrected chi connectivity index (χ1v) is 7.53. The number of alkyl halides is 1. The van der Waals surface area contributed by atoms with Crippen molar-refractivity contribution in [1.82, 2.24) is 5.32 Å². The SMILES string of the molecule is O=C(Cc1cccc(Br)c1)NCC1(CCCl)CC1. The minimum Gasteiger partial charge on any atom is -0.355 e. The molecule has 2 rings (SSSR count). The van der Waals surface area contributed by atoms with Crippen LogP contribution in [0.3, 0.4) is 0 Å². The quantitative estimate of drug-likeness (QED) is 0.795. The molecule has 2 nitrogen and oxygen atoms in total. The summed E-state index contributed by atoms with van der Waals surface area (Å²) in [4.78, 5) is 11.8. The van der Waals surface area contributed by atoms with Crippen LogP contribution in [0.4, 0.5) is 0 Å². The molecule has 0 bridgehead atoms. The predicted molar refractivity (Wildman–Crippen MR) is 77.9 cm³/mol. The molecule has 4 heteroatoms. The number of benzene rings is 1. The summed E-state index contributed by atoms with van der Waals surface area (Å²) in [6.45, 7) is 0.770. The van der Waals surface area contributed by atoms with E-state index in [4.69, 9.17) is 11.6 Å². The summed E-state index contributed by atoms with van der Waals surface area (Å²) in [6, 6.07) is 7.85. The van der Waals surface area contributed by atoms with E-state index in [9.17, 15) is 4.79 Å². The zero-order valence-electron chi connectivity index (χ0n) is 10.2. The van der Waals surface area contributed by atoms with Gasteiger partial charge in [-0.25, -0.2) is 0 Å². The van der Waals surface area contributed by atoms with Crippen LogP contribution < -0.4 is 5.32 Å². The molecule has 1 aromatic carbocycles. The fraction of sp³-hybridized carbons (Fsp3) is 0.500. The van der Waals surface area contributed by atoms with Crippen LogP contribution in [0.5, 0.6) is 0 Å². The maximum atomic E-state index is 11.8. The van der Waals surface area contributed by atoms with Gasteiger partial charge in [0.25, 0.3) is 0 Å². The lowest BCUT2D eigenvalue weighted by molar-refractivity contribution is -0.120. The van der Waals surface area contributed by atoms with Crippen molar-refractivity contribution in [1.29, 1.82) is 0 Å². The third kappa shape index (κ3) is 3.99. The number of amides is 1. The van der Waals surface area contributed by atoms with E-state index in [-0.39, 0.29) is 5.91 Å². The molecule has 0 unspecified atom stereocenters. The van der Waals surface area contributed by atoms with Crippen molar-refractivity contribution in [3.63, 3.8) is 0 Å². The Morgan fingerprint density at radius 3 is 2.83 bits per heavy atom. The number of hydrogen-bond acceptors (Lipinski definition) is 1. The largest absolute Gasteiger partial charge is 0.355 e. The number of carbonyl (C=O) groups is 1. The van der Waals surface area contributed by atoms with E-state index in [0.29, 0.717) is 17.7 Å². The molecule has 98 valence electrons. The van der Waals surface area contributed by atoms with Gasteiger partial charge in [0, 0.05) is 16.9 Å². The van der Waals surface area contributed by atoms with Crippen molar-refractivity contribution < 1.29 is 4.79 Å². The molecule has 1 aromatic rings. The average molecular weight is 331 g/mol. The summed E-state index contributed by atoms with van der Waals surface area (Å²) in [5.74, 6) is 0.774. The van der Waals surface area contributed by atoms with E-state index >= 15 is 0 Å². The smallest absolute Gasteiger partial charge is 0.224 e. The Labute approximate surface area is 121 Å². The van der Waals surface area contributed by atoms with Crippen LogP contribution in [0.1, 0.15) is 24.8 Å². The summed E-state index contributed by atoms with van der Waals surface area (Å²) in [6.07, 6.45) is 3.83. The summed E-state index contributed by atoms with van der Waals surface area (Å²) >= 11 is 9.18. The van der Waals surface area contributed by atoms with Gasteiger partial charge < -0.3 is 5.32 Å². The van der Waals surface area contributed by atoms with Crippen molar-refractivity contribution in [2.45, 2.75) is 25.7 Å². The predicted octanol–water partition coefficient (Wildman–Crippen LogP) is 3.52. The Morgan fingerprint density at radius 1 is 1.44 bits per heavy atom. The summed E-state index contributed by atoms with van der Waals surface area (Å²) < 4.78 is 1.01. The molecule has 0 heterocycles. The number of nitrogens with one attached hydrogen (secondary N) is 1. The van der Waals surface area contributed by atoms with E-state index in [1.165, 1.54) is 12.8 Å². The van der Waals surface area contributed by atoms with Crippen LogP contribution in [-0.2, 0) is 11.2 Å². The first-order valence-electron chi connectivity index (χ1n) is 6.21. The highest BCUT2D eigenvalue weighted by Gasteiger charge is 2.41. The highest BCUT2D eigenvalue weighted by atomic mass is 79.9. The van der Waals surface area contributed by atoms with Crippen molar-refractivity contribution in [3.8, 4) is 0 Å². The van der Waals surface area contributed by atoms with Crippen LogP contribution in [0.15, 0.2) is 28.7 Å². The fourth-order valence-electron chi connectivity index (χ4n) is 2.07. The Morgan fingerprint density at radius 2 is 2.22 bits per heavy atom. The minimum absolute atomic E-state index is 0.0916. The number of rotatable bonds is 6. The first kappa shape index (κ1) is 13.9. The summed E-state index contributed by atoms with van der Waals surface area (Å²) in [5.41, 5.74) is 1.33. The van der Waals surface area contributed by atoms with E-state index in [2.05, 4.69) is 21.2 Å². The van der Waals surface area contributed by atoms with Gasteiger partial charge >= 0.3 is 0 Å². The zero-order chi connectivity index (χ0) is 13.0. The lowest BCUT2D eigenvalue weighted by Crippen LogP contribution is -2.31. The molecular formula is C14H17BrClNO. The van der Waals surface area contributed by atoms with Crippen molar-refractivity contribution in [2.75, 3.05) is 12.4 Å². The highest BCUT2D eigenvalue weighted by molar-refractivity contribution is 9.10. The van der Waals surface area contributed by atoms with Gasteiger partial charge in [-0.2, -0.15) is 0 Å². The molecule has 0 saturated heterocycles. The Hall–Kier alpha value is -0.540. The second kappa shape index (κ2) is 6.07. The van der Waals surface area contributed by atoms with Gasteiger partial charge in [-0.3, -0.25) is 4.79 Å². The third-order valence-electron chi connectivity index (χ3n) is 3.50. The first-order chi connectivity index (χ1) is 8.63. The molecule has 1 aliphatic carbocycles. The van der Waals surface area contributed by atoms with Gasteiger partial charge in [0.05, 0.1) is 6.42 Å². The van der Waals surface area contributed by atoms with Gasteiger partial charge in [-0.1, -0.05) is 28.1 Å². The molecule has 1 saturated carbocycles. The Bertz CT molecular complexity index is 432. The Kier molecular flexibility index (Phi) is 4.68. The van der Waals surface area contributed by atoms with Crippen LogP contribution >= 0.6 is 27.5 Å². The maximum absolute atomic E-state index is 11.8. The van der Waals surface area contributed by atoms with E-state index < -0.39 is 0 Å². The molecule has 1 aliphatic rings. The van der Waals surface area contributed by atoms with Gasteiger partial charge in [-0.15, -0.1) is 11.6 Å². The molecule has 1 fully saturated rings. The van der Waals surface area contributed by atoms with Crippen molar-refractivity contribution in [2.24, 2.45) is 5.41 Å². The van der Waals surface area contributed by atoms with Gasteiger partial charge in [0.2, 0.25) is 5.91 Å². The lowest BCUT2D eigenvalue weighted by Gasteiger charge is -2.14. The fourth-order valence-corrected chi connectivity index (χ4v) is 2.92. The van der Waals surface area contributed by atoms with Crippen LogP contribution in [-0.4, -0.2) is 18.3 Å². The van der Waals surface area contributed by atoms with Gasteiger partial charge in [-0.05, 0) is 42.4 Å². The number of carbonyl (C=O) groups excluding carboxylic acids is 1. The third-order valence-corrected chi connectivity index (χ3v) is 4.18. The maximum Gasteiger partial charge on any atom is 0.224 e. The van der Waals surface area contributed by atoms with Crippen LogP contribution in [0.25, 0.3) is 0 Å². The molecule has 18 heavy (non-hydrogen) atoms. The lowest BCUT2D eigenvalue weighted by atomic mass is 10.0. The Balaban J connectivity index is 1.79. The number of hydrogen-bond donors (Lipinski definition) is 1. The second-order valence-electron chi connectivity index (χ2n) is 5.02. The monoisotopic (exact) mass is 329 g/mol. The van der Waals surface area contributed by atoms with Gasteiger partial charge in [0.15, 0.2) is 0 Å². The molecule has 1 N–H and O–H groups in total. The van der Waals surface area contributed by atoms with Crippen LogP contribution in [0.2, 0.25) is 0 Å². The molecule has 1 amide bonds. The normalized spacial score (nSPS) is 16.3. The van der Waals surface area contributed by atoms with E-state index in [1.54, 1.807) is 0 Å². The molecule has 0 radical (unpaired) electrons. The zero-order valence-corrected chi connectivity index (χ0v) is 12.6. The molecule has 0 aliphatic heterocycles. The highest BCUT2D eigenvalue weighted by Crippen LogP contribution is 2.48. The molecule has 0 aromatic heterocycles. The standard InChI is InChI=1S/C14H17BrClNO/c15-12-3-1-2-11(8-12)9-13(18)17-10-14(4-5-14)6-7-16/h1-3,8H,4-7,9-10H2,(H,17,18). The van der Waals surface area contributed by atoms with Crippen LogP contribution in [0, 0.1) is 5.41 Å². The van der Waals surface area contributed by atoms with E-state index in [1.807, 2.05) is 24.3 Å². The summed E-state index contributed by atoms with van der Waals surface area (Å²) in [5, 5.41) is 3.03. The second-order valence-corrected chi connectivity index (χ2v) is 6.32. The van der Waals surface area contributed by atoms with E-state index in [0.717, 1.165) is 23.0 Å². The van der Waals surface area contributed by atoms with Gasteiger partial charge in [0.1, 0.15) is 0 Å². The molecule has 0 spiro atoms. The average Bonchev–Trinajstić information content (AvgIpc) is 3.08. The number of halogens is 2. The molecular weight excluding hydrogens is 314 g/mol. The minimum atomic E-state index is 0.0916. The molecule has 0 atom stereocenters. The summed E-state index contributed by atoms with van der Waals surface area (Å²) in [7, 11) is 0. The van der Waals surface area contributed by atoms with Crippen molar-refractivity contribution >= 4 is 33.4 Å². The van der Waals surface area contributed by atoms with Crippen molar-refractivity contribution in [3.05, 3.63) is 34.3 Å².